The number of aliphatic hydroxyl groups excluding tert-OH is 2. The van der Waals surface area contributed by atoms with E-state index in [9.17, 15) is 10.2 Å². The van der Waals surface area contributed by atoms with Gasteiger partial charge in [-0.1, -0.05) is 22.0 Å². The fourth-order valence-electron chi connectivity index (χ4n) is 1.40. The zero-order valence-electron chi connectivity index (χ0n) is 8.60. The number of hydrogen-bond donors (Lipinski definition) is 3. The van der Waals surface area contributed by atoms with Gasteiger partial charge in [-0.15, -0.1) is 0 Å². The second-order valence-electron chi connectivity index (χ2n) is 3.41. The summed E-state index contributed by atoms with van der Waals surface area (Å²) < 4.78 is 0. The summed E-state index contributed by atoms with van der Waals surface area (Å²) in [6, 6.07) is 6.97. The smallest absolute Gasteiger partial charge is 0.106 e. The van der Waals surface area contributed by atoms with Crippen LogP contribution >= 0.6 is 15.9 Å². The van der Waals surface area contributed by atoms with Crippen molar-refractivity contribution in [2.24, 2.45) is 5.73 Å². The highest BCUT2D eigenvalue weighted by molar-refractivity contribution is 9.08. The molecular weight excluding hydrogens is 272 g/mol. The van der Waals surface area contributed by atoms with Crippen molar-refractivity contribution in [1.29, 1.82) is 5.26 Å². The van der Waals surface area contributed by atoms with Gasteiger partial charge in [-0.05, 0) is 23.3 Å². The van der Waals surface area contributed by atoms with Gasteiger partial charge in [0, 0.05) is 11.9 Å². The van der Waals surface area contributed by atoms with Crippen molar-refractivity contribution < 1.29 is 10.2 Å². The summed E-state index contributed by atoms with van der Waals surface area (Å²) >= 11 is 3.29. The van der Waals surface area contributed by atoms with Crippen LogP contribution in [0, 0.1) is 11.3 Å². The van der Waals surface area contributed by atoms with E-state index in [1.54, 1.807) is 18.2 Å². The Morgan fingerprint density at radius 1 is 1.44 bits per heavy atom. The highest BCUT2D eigenvalue weighted by Crippen LogP contribution is 2.24. The predicted molar refractivity (Wildman–Crippen MR) is 63.8 cm³/mol. The van der Waals surface area contributed by atoms with Gasteiger partial charge in [-0.3, -0.25) is 0 Å². The van der Waals surface area contributed by atoms with E-state index >= 15 is 0 Å². The highest BCUT2D eigenvalue weighted by atomic mass is 79.9. The minimum Gasteiger partial charge on any atom is -0.389 e. The Morgan fingerprint density at radius 2 is 2.12 bits per heavy atom. The number of aliphatic hydroxyl groups is 2. The molecule has 1 aromatic rings. The number of halogens is 1. The van der Waals surface area contributed by atoms with E-state index in [0.717, 1.165) is 5.56 Å². The van der Waals surface area contributed by atoms with Crippen molar-refractivity contribution in [2.45, 2.75) is 17.5 Å². The van der Waals surface area contributed by atoms with Crippen molar-refractivity contribution in [2.75, 3.05) is 6.54 Å². The first-order valence-electron chi connectivity index (χ1n) is 4.79. The number of rotatable bonds is 4. The maximum atomic E-state index is 9.86. The lowest BCUT2D eigenvalue weighted by Crippen LogP contribution is -2.27. The molecule has 0 saturated heterocycles. The summed E-state index contributed by atoms with van der Waals surface area (Å²) in [5, 5.41) is 28.7. The lowest BCUT2D eigenvalue weighted by Gasteiger charge is -2.19. The Balaban J connectivity index is 3.14. The van der Waals surface area contributed by atoms with E-state index in [0.29, 0.717) is 16.5 Å². The van der Waals surface area contributed by atoms with Gasteiger partial charge in [-0.2, -0.15) is 5.26 Å². The Bertz CT molecular complexity index is 403. The van der Waals surface area contributed by atoms with Crippen molar-refractivity contribution in [1.82, 2.24) is 0 Å². The molecule has 16 heavy (non-hydrogen) atoms. The maximum absolute atomic E-state index is 9.86. The molecule has 0 fully saturated rings. The molecule has 2 unspecified atom stereocenters. The van der Waals surface area contributed by atoms with Gasteiger partial charge in [0.15, 0.2) is 0 Å². The van der Waals surface area contributed by atoms with Crippen LogP contribution < -0.4 is 5.73 Å². The SMILES string of the molecule is N#Cc1ccc(CBr)c(C(O)C(O)CN)c1. The molecule has 0 radical (unpaired) electrons. The molecule has 5 heteroatoms. The predicted octanol–water partition coefficient (Wildman–Crippen LogP) is 0.806. The topological polar surface area (TPSA) is 90.3 Å². The largest absolute Gasteiger partial charge is 0.389 e. The second-order valence-corrected chi connectivity index (χ2v) is 3.97. The van der Waals surface area contributed by atoms with Gasteiger partial charge in [0.2, 0.25) is 0 Å². The minimum atomic E-state index is -1.06. The van der Waals surface area contributed by atoms with E-state index in [-0.39, 0.29) is 6.54 Å². The summed E-state index contributed by atoms with van der Waals surface area (Å²) in [5.41, 5.74) is 7.10. The first-order chi connectivity index (χ1) is 7.63. The molecule has 86 valence electrons. The summed E-state index contributed by atoms with van der Waals surface area (Å²) in [4.78, 5) is 0. The molecule has 0 saturated carbocycles. The monoisotopic (exact) mass is 284 g/mol. The zero-order valence-corrected chi connectivity index (χ0v) is 10.2. The van der Waals surface area contributed by atoms with E-state index in [1.807, 2.05) is 6.07 Å². The third-order valence-electron chi connectivity index (χ3n) is 2.34. The number of hydrogen-bond acceptors (Lipinski definition) is 4. The molecule has 4 nitrogen and oxygen atoms in total. The molecule has 0 bridgehead atoms. The molecule has 4 N–H and O–H groups in total. The van der Waals surface area contributed by atoms with E-state index < -0.39 is 12.2 Å². The second kappa shape index (κ2) is 5.97. The number of nitriles is 1. The molecule has 0 aromatic heterocycles. The van der Waals surface area contributed by atoms with Crippen LogP contribution in [0.1, 0.15) is 22.8 Å². The molecule has 2 atom stereocenters. The number of benzene rings is 1. The Kier molecular flexibility index (Phi) is 4.90. The fraction of sp³-hybridized carbons (Fsp3) is 0.364. The third-order valence-corrected chi connectivity index (χ3v) is 2.95. The van der Waals surface area contributed by atoms with Crippen LogP contribution in [0.5, 0.6) is 0 Å². The Morgan fingerprint density at radius 3 is 2.62 bits per heavy atom. The van der Waals surface area contributed by atoms with E-state index in [2.05, 4.69) is 15.9 Å². The van der Waals surface area contributed by atoms with Gasteiger partial charge in [-0.25, -0.2) is 0 Å². The normalized spacial score (nSPS) is 14.2. The van der Waals surface area contributed by atoms with Gasteiger partial charge in [0.25, 0.3) is 0 Å². The molecule has 0 spiro atoms. The van der Waals surface area contributed by atoms with Crippen LogP contribution in [0.4, 0.5) is 0 Å². The van der Waals surface area contributed by atoms with Gasteiger partial charge < -0.3 is 15.9 Å². The summed E-state index contributed by atoms with van der Waals surface area (Å²) in [6.45, 7) is -0.0281. The van der Waals surface area contributed by atoms with Crippen molar-refractivity contribution in [3.05, 3.63) is 34.9 Å². The molecule has 0 amide bonds. The van der Waals surface area contributed by atoms with Crippen molar-refractivity contribution in [3.8, 4) is 6.07 Å². The van der Waals surface area contributed by atoms with Gasteiger partial charge >= 0.3 is 0 Å². The molecule has 0 heterocycles. The number of nitrogens with two attached hydrogens (primary N) is 1. The average Bonchev–Trinajstić information content (AvgIpc) is 2.35. The molecule has 1 aromatic carbocycles. The molecular formula is C11H13BrN2O2. The highest BCUT2D eigenvalue weighted by Gasteiger charge is 2.19. The molecule has 0 aliphatic rings. The lowest BCUT2D eigenvalue weighted by atomic mass is 9.97. The standard InChI is InChI=1S/C11H13BrN2O2/c12-4-8-2-1-7(5-13)3-9(8)11(16)10(15)6-14/h1-3,10-11,15-16H,4,6,14H2. The average molecular weight is 285 g/mol. The quantitative estimate of drug-likeness (QED) is 0.714. The fourth-order valence-corrected chi connectivity index (χ4v) is 1.91. The molecule has 1 rings (SSSR count). The van der Waals surface area contributed by atoms with Crippen LogP contribution in [0.3, 0.4) is 0 Å². The van der Waals surface area contributed by atoms with Crippen LogP contribution in [-0.4, -0.2) is 22.9 Å². The number of alkyl halides is 1. The Labute approximate surface area is 102 Å². The first kappa shape index (κ1) is 13.1. The van der Waals surface area contributed by atoms with Crippen LogP contribution in [0.25, 0.3) is 0 Å². The van der Waals surface area contributed by atoms with Crippen LogP contribution in [0.15, 0.2) is 18.2 Å². The molecule has 0 aliphatic heterocycles. The summed E-state index contributed by atoms with van der Waals surface area (Å²) in [7, 11) is 0. The van der Waals surface area contributed by atoms with E-state index in [1.165, 1.54) is 0 Å². The van der Waals surface area contributed by atoms with Crippen molar-refractivity contribution >= 4 is 15.9 Å². The first-order valence-corrected chi connectivity index (χ1v) is 5.91. The van der Waals surface area contributed by atoms with Crippen LogP contribution in [-0.2, 0) is 5.33 Å². The number of nitrogens with zero attached hydrogens (tertiary/aromatic N) is 1. The maximum Gasteiger partial charge on any atom is 0.106 e. The Hall–Kier alpha value is -0.930. The van der Waals surface area contributed by atoms with Gasteiger partial charge in [0.05, 0.1) is 17.7 Å². The van der Waals surface area contributed by atoms with Gasteiger partial charge in [0.1, 0.15) is 6.10 Å². The van der Waals surface area contributed by atoms with E-state index in [4.69, 9.17) is 11.0 Å². The zero-order chi connectivity index (χ0) is 12.1. The molecule has 0 aliphatic carbocycles. The minimum absolute atomic E-state index is 0.0281. The summed E-state index contributed by atoms with van der Waals surface area (Å²) in [6.07, 6.45) is -2.09. The third kappa shape index (κ3) is 2.80. The van der Waals surface area contributed by atoms with Crippen molar-refractivity contribution in [3.63, 3.8) is 0 Å². The lowest BCUT2D eigenvalue weighted by molar-refractivity contribution is 0.0239. The van der Waals surface area contributed by atoms with Crippen LogP contribution in [0.2, 0.25) is 0 Å². The summed E-state index contributed by atoms with van der Waals surface area (Å²) in [5.74, 6) is 0.